The van der Waals surface area contributed by atoms with E-state index < -0.39 is 0 Å². The SMILES string of the molecule is CC(C)CCC[C@H](N)CN. The average Bonchev–Trinajstić information content (AvgIpc) is 1.87. The van der Waals surface area contributed by atoms with E-state index in [-0.39, 0.29) is 6.04 Å². The first kappa shape index (κ1) is 9.92. The molecule has 2 nitrogen and oxygen atoms in total. The quantitative estimate of drug-likeness (QED) is 0.607. The van der Waals surface area contributed by atoms with E-state index in [4.69, 9.17) is 11.5 Å². The van der Waals surface area contributed by atoms with Crippen LogP contribution in [0.5, 0.6) is 0 Å². The van der Waals surface area contributed by atoms with Gasteiger partial charge >= 0.3 is 0 Å². The van der Waals surface area contributed by atoms with Gasteiger partial charge in [0.05, 0.1) is 0 Å². The van der Waals surface area contributed by atoms with Crippen molar-refractivity contribution in [1.29, 1.82) is 0 Å². The second-order valence-corrected chi connectivity index (χ2v) is 3.32. The van der Waals surface area contributed by atoms with Crippen LogP contribution in [0.15, 0.2) is 0 Å². The smallest absolute Gasteiger partial charge is 0.0163 e. The number of nitrogens with two attached hydrogens (primary N) is 2. The van der Waals surface area contributed by atoms with Gasteiger partial charge in [0.25, 0.3) is 0 Å². The van der Waals surface area contributed by atoms with Gasteiger partial charge in [-0.15, -0.1) is 0 Å². The Labute approximate surface area is 64.0 Å². The van der Waals surface area contributed by atoms with Gasteiger partial charge in [-0.1, -0.05) is 26.7 Å². The third-order valence-electron chi connectivity index (χ3n) is 1.66. The van der Waals surface area contributed by atoms with Crippen LogP contribution in [0.3, 0.4) is 0 Å². The zero-order chi connectivity index (χ0) is 7.98. The summed E-state index contributed by atoms with van der Waals surface area (Å²) in [6.07, 6.45) is 3.57. The molecule has 0 aromatic carbocycles. The maximum Gasteiger partial charge on any atom is 0.0163 e. The Morgan fingerprint density at radius 3 is 2.20 bits per heavy atom. The van der Waals surface area contributed by atoms with Crippen molar-refractivity contribution >= 4 is 0 Å². The highest BCUT2D eigenvalue weighted by Gasteiger charge is 1.99. The molecule has 0 aromatic heterocycles. The number of hydrogen-bond acceptors (Lipinski definition) is 2. The number of rotatable bonds is 5. The van der Waals surface area contributed by atoms with Crippen molar-refractivity contribution in [1.82, 2.24) is 0 Å². The Hall–Kier alpha value is -0.0800. The lowest BCUT2D eigenvalue weighted by atomic mass is 10.0. The molecular formula is C8H20N2. The molecule has 0 aliphatic rings. The lowest BCUT2D eigenvalue weighted by Crippen LogP contribution is -2.29. The van der Waals surface area contributed by atoms with Crippen molar-refractivity contribution in [2.45, 2.75) is 39.2 Å². The van der Waals surface area contributed by atoms with Crippen LogP contribution in [0, 0.1) is 5.92 Å². The second kappa shape index (κ2) is 5.69. The van der Waals surface area contributed by atoms with E-state index in [1.165, 1.54) is 12.8 Å². The molecule has 0 saturated heterocycles. The summed E-state index contributed by atoms with van der Waals surface area (Å²) >= 11 is 0. The highest BCUT2D eigenvalue weighted by Crippen LogP contribution is 2.06. The van der Waals surface area contributed by atoms with Gasteiger partial charge in [-0.2, -0.15) is 0 Å². The van der Waals surface area contributed by atoms with Gasteiger partial charge in [0, 0.05) is 12.6 Å². The van der Waals surface area contributed by atoms with Crippen LogP contribution in [0.4, 0.5) is 0 Å². The van der Waals surface area contributed by atoms with Crippen LogP contribution in [-0.4, -0.2) is 12.6 Å². The molecule has 62 valence electrons. The fourth-order valence-corrected chi connectivity index (χ4v) is 0.906. The summed E-state index contributed by atoms with van der Waals surface area (Å²) in [6.45, 7) is 5.08. The number of hydrogen-bond donors (Lipinski definition) is 2. The van der Waals surface area contributed by atoms with Crippen molar-refractivity contribution in [3.05, 3.63) is 0 Å². The summed E-state index contributed by atoms with van der Waals surface area (Å²) in [5.74, 6) is 0.796. The minimum Gasteiger partial charge on any atom is -0.329 e. The van der Waals surface area contributed by atoms with Gasteiger partial charge in [0.1, 0.15) is 0 Å². The Morgan fingerprint density at radius 2 is 1.80 bits per heavy atom. The van der Waals surface area contributed by atoms with E-state index in [1.54, 1.807) is 0 Å². The molecule has 0 bridgehead atoms. The van der Waals surface area contributed by atoms with Crippen molar-refractivity contribution in [3.8, 4) is 0 Å². The van der Waals surface area contributed by atoms with E-state index in [2.05, 4.69) is 13.8 Å². The van der Waals surface area contributed by atoms with Gasteiger partial charge in [-0.25, -0.2) is 0 Å². The highest BCUT2D eigenvalue weighted by atomic mass is 14.7. The lowest BCUT2D eigenvalue weighted by Gasteiger charge is -2.08. The second-order valence-electron chi connectivity index (χ2n) is 3.32. The van der Waals surface area contributed by atoms with Crippen LogP contribution >= 0.6 is 0 Å². The minimum absolute atomic E-state index is 0.221. The minimum atomic E-state index is 0.221. The molecule has 0 saturated carbocycles. The first-order valence-electron chi connectivity index (χ1n) is 4.12. The fraction of sp³-hybridized carbons (Fsp3) is 1.00. The molecule has 4 N–H and O–H groups in total. The van der Waals surface area contributed by atoms with Crippen molar-refractivity contribution in [2.75, 3.05) is 6.54 Å². The molecule has 0 amide bonds. The zero-order valence-corrected chi connectivity index (χ0v) is 7.14. The molecule has 0 unspecified atom stereocenters. The third kappa shape index (κ3) is 6.05. The van der Waals surface area contributed by atoms with E-state index in [0.29, 0.717) is 6.54 Å². The molecule has 0 spiro atoms. The van der Waals surface area contributed by atoms with Crippen molar-refractivity contribution < 1.29 is 0 Å². The third-order valence-corrected chi connectivity index (χ3v) is 1.66. The van der Waals surface area contributed by atoms with Crippen LogP contribution in [0.2, 0.25) is 0 Å². The maximum absolute atomic E-state index is 5.63. The Balaban J connectivity index is 3.03. The van der Waals surface area contributed by atoms with Gasteiger partial charge in [-0.05, 0) is 12.3 Å². The molecule has 2 heteroatoms. The summed E-state index contributed by atoms with van der Waals surface area (Å²) in [4.78, 5) is 0. The predicted molar refractivity (Wildman–Crippen MR) is 45.7 cm³/mol. The molecule has 0 aliphatic heterocycles. The summed E-state index contributed by atoms with van der Waals surface area (Å²) in [6, 6.07) is 0.221. The van der Waals surface area contributed by atoms with E-state index in [0.717, 1.165) is 12.3 Å². The van der Waals surface area contributed by atoms with Gasteiger partial charge < -0.3 is 11.5 Å². The summed E-state index contributed by atoms with van der Waals surface area (Å²) in [5.41, 5.74) is 11.0. The first-order valence-corrected chi connectivity index (χ1v) is 4.12. The lowest BCUT2D eigenvalue weighted by molar-refractivity contribution is 0.500. The largest absolute Gasteiger partial charge is 0.329 e. The van der Waals surface area contributed by atoms with Crippen LogP contribution in [0.1, 0.15) is 33.1 Å². The first-order chi connectivity index (χ1) is 4.66. The highest BCUT2D eigenvalue weighted by molar-refractivity contribution is 4.61. The molecule has 10 heavy (non-hydrogen) atoms. The Bertz CT molecular complexity index is 71.7. The van der Waals surface area contributed by atoms with Crippen molar-refractivity contribution in [2.24, 2.45) is 17.4 Å². The van der Waals surface area contributed by atoms with Crippen molar-refractivity contribution in [3.63, 3.8) is 0 Å². The van der Waals surface area contributed by atoms with E-state index in [9.17, 15) is 0 Å². The fourth-order valence-electron chi connectivity index (χ4n) is 0.906. The maximum atomic E-state index is 5.63. The zero-order valence-electron chi connectivity index (χ0n) is 7.14. The topological polar surface area (TPSA) is 52.0 Å². The monoisotopic (exact) mass is 144 g/mol. The molecule has 0 aliphatic carbocycles. The summed E-state index contributed by atoms with van der Waals surface area (Å²) in [5, 5.41) is 0. The molecule has 0 radical (unpaired) electrons. The van der Waals surface area contributed by atoms with Gasteiger partial charge in [0.2, 0.25) is 0 Å². The normalized spacial score (nSPS) is 14.1. The van der Waals surface area contributed by atoms with Gasteiger partial charge in [0.15, 0.2) is 0 Å². The molecule has 0 aromatic rings. The Morgan fingerprint density at radius 1 is 1.20 bits per heavy atom. The molecule has 0 fully saturated rings. The molecule has 0 rings (SSSR count). The molecule has 0 heterocycles. The van der Waals surface area contributed by atoms with Crippen LogP contribution < -0.4 is 11.5 Å². The summed E-state index contributed by atoms with van der Waals surface area (Å²) < 4.78 is 0. The van der Waals surface area contributed by atoms with Crippen LogP contribution in [-0.2, 0) is 0 Å². The van der Waals surface area contributed by atoms with Gasteiger partial charge in [-0.3, -0.25) is 0 Å². The van der Waals surface area contributed by atoms with E-state index in [1.807, 2.05) is 0 Å². The average molecular weight is 144 g/mol. The molecule has 1 atom stereocenters. The summed E-state index contributed by atoms with van der Waals surface area (Å²) in [7, 11) is 0. The molecular weight excluding hydrogens is 124 g/mol. The predicted octanol–water partition coefficient (Wildman–Crippen LogP) is 1.10. The standard InChI is InChI=1S/C8H20N2/c1-7(2)4-3-5-8(10)6-9/h7-8H,3-6,9-10H2,1-2H3/t8-/m0/s1. The van der Waals surface area contributed by atoms with E-state index >= 15 is 0 Å². The van der Waals surface area contributed by atoms with Crippen LogP contribution in [0.25, 0.3) is 0 Å². The Kier molecular flexibility index (Phi) is 5.64.